The van der Waals surface area contributed by atoms with Crippen LogP contribution in [0.25, 0.3) is 0 Å². The van der Waals surface area contributed by atoms with Crippen molar-refractivity contribution < 1.29 is 19.2 Å². The number of fused-ring (bicyclic) bond motifs is 1. The lowest BCUT2D eigenvalue weighted by Crippen LogP contribution is -3.08. The van der Waals surface area contributed by atoms with Gasteiger partial charge in [-0.05, 0) is 28.7 Å². The van der Waals surface area contributed by atoms with Crippen LogP contribution in [0.2, 0.25) is 0 Å². The number of esters is 1. The number of ether oxygens (including phenoxy) is 1. The average molecular weight is 388 g/mol. The summed E-state index contributed by atoms with van der Waals surface area (Å²) in [6, 6.07) is 7.63. The highest BCUT2D eigenvalue weighted by Gasteiger charge is 2.30. The van der Waals surface area contributed by atoms with Crippen molar-refractivity contribution in [3.8, 4) is 0 Å². The number of nitrogens with one attached hydrogen (secondary N) is 2. The number of likely N-dealkylation sites (N-methyl/N-ethyl adjacent to an activating group) is 1. The average Bonchev–Trinajstić information content (AvgIpc) is 2.97. The minimum absolute atomic E-state index is 0.0359. The topological polar surface area (TPSA) is 59.8 Å². The number of anilines is 1. The molecule has 0 saturated heterocycles. The number of rotatable bonds is 3. The van der Waals surface area contributed by atoms with Crippen molar-refractivity contribution in [1.29, 1.82) is 0 Å². The molecule has 1 atom stereocenters. The van der Waals surface area contributed by atoms with E-state index < -0.39 is 0 Å². The van der Waals surface area contributed by atoms with Crippen LogP contribution in [0.4, 0.5) is 5.00 Å². The molecule has 1 unspecified atom stereocenters. The molecule has 0 bridgehead atoms. The zero-order chi connectivity index (χ0) is 19.8. The third-order valence-electron chi connectivity index (χ3n) is 4.98. The first-order valence-corrected chi connectivity index (χ1v) is 9.98. The van der Waals surface area contributed by atoms with E-state index in [1.54, 1.807) is 0 Å². The largest absolute Gasteiger partial charge is 0.465 e. The maximum atomic E-state index is 12.8. The molecule has 5 nitrogen and oxygen atoms in total. The Bertz CT molecular complexity index is 863. The summed E-state index contributed by atoms with van der Waals surface area (Å²) in [5.41, 5.74) is 3.33. The quantitative estimate of drug-likeness (QED) is 0.796. The van der Waals surface area contributed by atoms with Gasteiger partial charge >= 0.3 is 5.97 Å². The third-order valence-corrected chi connectivity index (χ3v) is 6.13. The monoisotopic (exact) mass is 387 g/mol. The Hall–Kier alpha value is -2.18. The van der Waals surface area contributed by atoms with Gasteiger partial charge in [0.05, 0.1) is 31.1 Å². The smallest absolute Gasteiger partial charge is 0.341 e. The molecule has 1 aliphatic heterocycles. The van der Waals surface area contributed by atoms with Crippen LogP contribution in [0.1, 0.15) is 57.5 Å². The second-order valence-electron chi connectivity index (χ2n) is 8.11. The second kappa shape index (κ2) is 7.44. The standard InChI is InChI=1S/C21H26N2O3S/c1-21(2,3)14-8-6-13(7-9-14)18(24)22-19-17(20(25)26-5)15-10-11-23(4)12-16(15)27-19/h6-9H,10-12H2,1-5H3,(H,22,24)/p+1. The van der Waals surface area contributed by atoms with Crippen molar-refractivity contribution in [3.63, 3.8) is 0 Å². The van der Waals surface area contributed by atoms with Crippen LogP contribution in [0.15, 0.2) is 24.3 Å². The summed E-state index contributed by atoms with van der Waals surface area (Å²) < 4.78 is 4.98. The number of thiophene rings is 1. The Morgan fingerprint density at radius 3 is 2.44 bits per heavy atom. The van der Waals surface area contributed by atoms with E-state index in [1.165, 1.54) is 28.9 Å². The fraction of sp³-hybridized carbons (Fsp3) is 0.429. The predicted molar refractivity (Wildman–Crippen MR) is 108 cm³/mol. The molecule has 1 aromatic carbocycles. The second-order valence-corrected chi connectivity index (χ2v) is 9.22. The SMILES string of the molecule is COC(=O)c1c(NC(=O)c2ccc(C(C)(C)C)cc2)sc2c1CC[NH+](C)C2. The van der Waals surface area contributed by atoms with E-state index in [-0.39, 0.29) is 17.3 Å². The van der Waals surface area contributed by atoms with E-state index in [9.17, 15) is 9.59 Å². The van der Waals surface area contributed by atoms with Gasteiger partial charge in [0.15, 0.2) is 0 Å². The Labute approximate surface area is 164 Å². The molecule has 0 fully saturated rings. The third kappa shape index (κ3) is 4.06. The van der Waals surface area contributed by atoms with Crippen molar-refractivity contribution in [2.45, 2.75) is 39.2 Å². The maximum Gasteiger partial charge on any atom is 0.341 e. The van der Waals surface area contributed by atoms with Gasteiger partial charge in [-0.25, -0.2) is 4.79 Å². The van der Waals surface area contributed by atoms with Gasteiger partial charge in [0.1, 0.15) is 11.5 Å². The van der Waals surface area contributed by atoms with Crippen LogP contribution in [0.3, 0.4) is 0 Å². The zero-order valence-corrected chi connectivity index (χ0v) is 17.4. The van der Waals surface area contributed by atoms with E-state index in [0.717, 1.165) is 30.0 Å². The first kappa shape index (κ1) is 19.6. The summed E-state index contributed by atoms with van der Waals surface area (Å²) in [5, 5.41) is 3.53. The molecule has 6 heteroatoms. The lowest BCUT2D eigenvalue weighted by Gasteiger charge is -2.19. The Morgan fingerprint density at radius 1 is 1.19 bits per heavy atom. The summed E-state index contributed by atoms with van der Waals surface area (Å²) in [6.07, 6.45) is 0.818. The Morgan fingerprint density at radius 2 is 1.85 bits per heavy atom. The van der Waals surface area contributed by atoms with E-state index >= 15 is 0 Å². The van der Waals surface area contributed by atoms with Gasteiger partial charge in [-0.2, -0.15) is 0 Å². The van der Waals surface area contributed by atoms with Crippen molar-refractivity contribution in [2.75, 3.05) is 26.0 Å². The number of hydrogen-bond donors (Lipinski definition) is 2. The van der Waals surface area contributed by atoms with Crippen molar-refractivity contribution in [1.82, 2.24) is 0 Å². The molecule has 0 saturated carbocycles. The number of hydrogen-bond acceptors (Lipinski definition) is 4. The molecule has 0 aliphatic carbocycles. The highest BCUT2D eigenvalue weighted by atomic mass is 32.1. The van der Waals surface area contributed by atoms with Gasteiger partial charge in [0, 0.05) is 12.0 Å². The number of carbonyl (C=O) groups excluding carboxylic acids is 2. The molecule has 27 heavy (non-hydrogen) atoms. The molecule has 2 N–H and O–H groups in total. The molecule has 3 rings (SSSR count). The Kier molecular flexibility index (Phi) is 5.40. The van der Waals surface area contributed by atoms with Crippen LogP contribution >= 0.6 is 11.3 Å². The minimum atomic E-state index is -0.384. The number of carbonyl (C=O) groups is 2. The van der Waals surface area contributed by atoms with Crippen LogP contribution in [-0.4, -0.2) is 32.6 Å². The molecule has 1 amide bonds. The van der Waals surface area contributed by atoms with Gasteiger partial charge in [-0.15, -0.1) is 11.3 Å². The molecule has 144 valence electrons. The van der Waals surface area contributed by atoms with E-state index in [0.29, 0.717) is 16.1 Å². The van der Waals surface area contributed by atoms with Crippen LogP contribution in [0, 0.1) is 0 Å². The van der Waals surface area contributed by atoms with Crippen LogP contribution < -0.4 is 10.2 Å². The molecule has 2 heterocycles. The predicted octanol–water partition coefficient (Wildman–Crippen LogP) is 2.66. The number of quaternary nitrogens is 1. The highest BCUT2D eigenvalue weighted by molar-refractivity contribution is 7.17. The minimum Gasteiger partial charge on any atom is -0.465 e. The maximum absolute atomic E-state index is 12.8. The molecule has 0 spiro atoms. The summed E-state index contributed by atoms with van der Waals surface area (Å²) in [4.78, 5) is 27.7. The van der Waals surface area contributed by atoms with E-state index in [2.05, 4.69) is 33.1 Å². The summed E-state index contributed by atoms with van der Waals surface area (Å²) in [5.74, 6) is -0.592. The van der Waals surface area contributed by atoms with Gasteiger partial charge in [-0.3, -0.25) is 4.79 Å². The van der Waals surface area contributed by atoms with Crippen LogP contribution in [-0.2, 0) is 23.1 Å². The van der Waals surface area contributed by atoms with Gasteiger partial charge in [-0.1, -0.05) is 32.9 Å². The van der Waals surface area contributed by atoms with Crippen molar-refractivity contribution in [2.24, 2.45) is 0 Å². The molecular weight excluding hydrogens is 360 g/mol. The highest BCUT2D eigenvalue weighted by Crippen LogP contribution is 2.35. The van der Waals surface area contributed by atoms with E-state index in [1.807, 2.05) is 24.3 Å². The Balaban J connectivity index is 1.88. The fourth-order valence-corrected chi connectivity index (χ4v) is 4.67. The lowest BCUT2D eigenvalue weighted by molar-refractivity contribution is -0.895. The number of benzene rings is 1. The first-order valence-electron chi connectivity index (χ1n) is 9.16. The van der Waals surface area contributed by atoms with Gasteiger partial charge in [0.2, 0.25) is 0 Å². The molecule has 2 aromatic rings. The molecule has 0 radical (unpaired) electrons. The number of methoxy groups -OCH3 is 1. The van der Waals surface area contributed by atoms with Gasteiger partial charge in [0.25, 0.3) is 5.91 Å². The summed E-state index contributed by atoms with van der Waals surface area (Å²) in [7, 11) is 3.51. The zero-order valence-electron chi connectivity index (χ0n) is 16.6. The van der Waals surface area contributed by atoms with E-state index in [4.69, 9.17) is 4.74 Å². The fourth-order valence-electron chi connectivity index (χ4n) is 3.32. The summed E-state index contributed by atoms with van der Waals surface area (Å²) >= 11 is 1.49. The van der Waals surface area contributed by atoms with Crippen LogP contribution in [0.5, 0.6) is 0 Å². The first-order chi connectivity index (χ1) is 12.7. The lowest BCUT2D eigenvalue weighted by atomic mass is 9.87. The van der Waals surface area contributed by atoms with Crippen molar-refractivity contribution in [3.05, 3.63) is 51.4 Å². The number of amides is 1. The molecule has 1 aliphatic rings. The van der Waals surface area contributed by atoms with Crippen molar-refractivity contribution >= 4 is 28.2 Å². The summed E-state index contributed by atoms with van der Waals surface area (Å²) in [6.45, 7) is 8.25. The molecular formula is C21H27N2O3S+. The molecule has 1 aromatic heterocycles. The van der Waals surface area contributed by atoms with Gasteiger partial charge < -0.3 is 15.0 Å². The normalized spacial score (nSPS) is 16.6.